The highest BCUT2D eigenvalue weighted by molar-refractivity contribution is 7.18. The molecule has 106 valence electrons. The Morgan fingerprint density at radius 2 is 1.90 bits per heavy atom. The zero-order valence-electron chi connectivity index (χ0n) is 11.6. The van der Waals surface area contributed by atoms with Crippen LogP contribution in [0, 0.1) is 13.8 Å². The third-order valence-electron chi connectivity index (χ3n) is 3.33. The fourth-order valence-corrected chi connectivity index (χ4v) is 3.13. The van der Waals surface area contributed by atoms with Crippen molar-refractivity contribution in [2.75, 3.05) is 0 Å². The van der Waals surface area contributed by atoms with E-state index >= 15 is 0 Å². The number of hydrogen-bond acceptors (Lipinski definition) is 4. The summed E-state index contributed by atoms with van der Waals surface area (Å²) in [4.78, 5) is 28.8. The number of aryl methyl sites for hydroxylation is 2. The van der Waals surface area contributed by atoms with Gasteiger partial charge in [0.05, 0.1) is 11.6 Å². The summed E-state index contributed by atoms with van der Waals surface area (Å²) in [7, 11) is 0. The van der Waals surface area contributed by atoms with E-state index in [0.717, 1.165) is 20.7 Å². The van der Waals surface area contributed by atoms with Gasteiger partial charge in [-0.05, 0) is 25.0 Å². The molecule has 0 aliphatic carbocycles. The molecule has 3 aromatic rings. The van der Waals surface area contributed by atoms with Gasteiger partial charge in [-0.3, -0.25) is 9.78 Å². The minimum Gasteiger partial charge on any atom is -0.297 e. The van der Waals surface area contributed by atoms with Crippen LogP contribution in [0.4, 0.5) is 0 Å². The van der Waals surface area contributed by atoms with E-state index in [9.17, 15) is 9.59 Å². The lowest BCUT2D eigenvalue weighted by molar-refractivity contribution is 0.772. The Morgan fingerprint density at radius 1 is 1.19 bits per heavy atom. The molecule has 2 heterocycles. The van der Waals surface area contributed by atoms with Crippen LogP contribution in [-0.2, 0) is 0 Å². The summed E-state index contributed by atoms with van der Waals surface area (Å²) in [6.45, 7) is 3.80. The second-order valence-electron chi connectivity index (χ2n) is 4.69. The highest BCUT2D eigenvalue weighted by Crippen LogP contribution is 2.24. The van der Waals surface area contributed by atoms with Gasteiger partial charge in [-0.25, -0.2) is 4.79 Å². The maximum atomic E-state index is 12.4. The van der Waals surface area contributed by atoms with Gasteiger partial charge in [-0.1, -0.05) is 30.3 Å². The van der Waals surface area contributed by atoms with Crippen molar-refractivity contribution in [3.63, 3.8) is 0 Å². The molecule has 0 aliphatic heterocycles. The van der Waals surface area contributed by atoms with Crippen LogP contribution >= 0.6 is 11.3 Å². The molecule has 0 aliphatic rings. The van der Waals surface area contributed by atoms with E-state index < -0.39 is 5.69 Å². The van der Waals surface area contributed by atoms with Crippen LogP contribution in [0.2, 0.25) is 0 Å². The molecule has 0 saturated carbocycles. The number of rotatable bonds is 2. The van der Waals surface area contributed by atoms with E-state index in [2.05, 4.69) is 10.1 Å². The van der Waals surface area contributed by atoms with Crippen LogP contribution in [-0.4, -0.2) is 15.9 Å². The van der Waals surface area contributed by atoms with Crippen molar-refractivity contribution in [2.24, 2.45) is 5.10 Å². The summed E-state index contributed by atoms with van der Waals surface area (Å²) in [5.74, 6) is 0. The van der Waals surface area contributed by atoms with Crippen molar-refractivity contribution in [1.82, 2.24) is 9.66 Å². The average molecular weight is 299 g/mol. The molecule has 3 rings (SSSR count). The average Bonchev–Trinajstić information content (AvgIpc) is 2.74. The normalized spacial score (nSPS) is 11.5. The Bertz CT molecular complexity index is 949. The lowest BCUT2D eigenvalue weighted by Crippen LogP contribution is -2.32. The zero-order valence-corrected chi connectivity index (χ0v) is 12.4. The topological polar surface area (TPSA) is 67.2 Å². The fraction of sp³-hybridized carbons (Fsp3) is 0.133. The lowest BCUT2D eigenvalue weighted by Gasteiger charge is -1.98. The highest BCUT2D eigenvalue weighted by atomic mass is 32.1. The molecule has 0 amide bonds. The van der Waals surface area contributed by atoms with Crippen molar-refractivity contribution < 1.29 is 0 Å². The minimum absolute atomic E-state index is 0.386. The van der Waals surface area contributed by atoms with Crippen LogP contribution < -0.4 is 11.2 Å². The monoisotopic (exact) mass is 299 g/mol. The second kappa shape index (κ2) is 5.14. The number of benzene rings is 1. The third kappa shape index (κ3) is 2.34. The van der Waals surface area contributed by atoms with Gasteiger partial charge < -0.3 is 0 Å². The SMILES string of the molecule is Cc1sc2[nH]c(=O)n(/N=C/c3ccccc3)c(=O)c2c1C. The van der Waals surface area contributed by atoms with E-state index in [0.29, 0.717) is 10.2 Å². The van der Waals surface area contributed by atoms with E-state index in [1.54, 1.807) is 0 Å². The number of H-pyrrole nitrogens is 1. The Hall–Kier alpha value is -2.47. The van der Waals surface area contributed by atoms with Gasteiger partial charge in [0.2, 0.25) is 0 Å². The minimum atomic E-state index is -0.527. The summed E-state index contributed by atoms with van der Waals surface area (Å²) in [5.41, 5.74) is 0.797. The zero-order chi connectivity index (χ0) is 15.0. The van der Waals surface area contributed by atoms with Crippen LogP contribution in [0.1, 0.15) is 16.0 Å². The van der Waals surface area contributed by atoms with Gasteiger partial charge >= 0.3 is 5.69 Å². The lowest BCUT2D eigenvalue weighted by atomic mass is 10.2. The molecular formula is C15H13N3O2S. The number of thiophene rings is 1. The first-order valence-corrected chi connectivity index (χ1v) is 7.24. The Labute approximate surface area is 124 Å². The molecule has 0 bridgehead atoms. The molecule has 0 spiro atoms. The quantitative estimate of drug-likeness (QED) is 0.737. The van der Waals surface area contributed by atoms with Crippen molar-refractivity contribution in [3.8, 4) is 0 Å². The maximum Gasteiger partial charge on any atom is 0.350 e. The predicted molar refractivity (Wildman–Crippen MR) is 85.6 cm³/mol. The van der Waals surface area contributed by atoms with Crippen molar-refractivity contribution in [1.29, 1.82) is 0 Å². The van der Waals surface area contributed by atoms with Crippen molar-refractivity contribution in [2.45, 2.75) is 13.8 Å². The Kier molecular flexibility index (Phi) is 3.31. The Balaban J connectivity index is 2.20. The number of aromatic nitrogens is 2. The standard InChI is InChI=1S/C15H13N3O2S/c1-9-10(2)21-13-12(9)14(19)18(15(20)17-13)16-8-11-6-4-3-5-7-11/h3-8H,1-2H3,(H,17,20)/b16-8+. The molecule has 21 heavy (non-hydrogen) atoms. The number of fused-ring (bicyclic) bond motifs is 1. The number of nitrogens with zero attached hydrogens (tertiary/aromatic N) is 2. The van der Waals surface area contributed by atoms with Crippen molar-refractivity contribution >= 4 is 27.8 Å². The Morgan fingerprint density at radius 3 is 2.62 bits per heavy atom. The highest BCUT2D eigenvalue weighted by Gasteiger charge is 2.13. The van der Waals surface area contributed by atoms with Gasteiger partial charge in [0.1, 0.15) is 4.83 Å². The molecule has 0 fully saturated rings. The van der Waals surface area contributed by atoms with E-state index in [1.807, 2.05) is 44.2 Å². The first-order valence-electron chi connectivity index (χ1n) is 6.42. The molecule has 1 N–H and O–H groups in total. The van der Waals surface area contributed by atoms with Crippen LogP contribution in [0.3, 0.4) is 0 Å². The molecule has 0 radical (unpaired) electrons. The molecule has 0 unspecified atom stereocenters. The van der Waals surface area contributed by atoms with Gasteiger partial charge in [0.25, 0.3) is 5.56 Å². The molecular weight excluding hydrogens is 286 g/mol. The molecule has 5 nitrogen and oxygen atoms in total. The molecule has 6 heteroatoms. The summed E-state index contributed by atoms with van der Waals surface area (Å²) in [6, 6.07) is 9.32. The number of hydrogen-bond donors (Lipinski definition) is 1. The summed E-state index contributed by atoms with van der Waals surface area (Å²) in [6.07, 6.45) is 1.50. The fourth-order valence-electron chi connectivity index (χ4n) is 2.09. The molecule has 0 atom stereocenters. The second-order valence-corrected chi connectivity index (χ2v) is 5.91. The summed E-state index contributed by atoms with van der Waals surface area (Å²) < 4.78 is 0.870. The third-order valence-corrected chi connectivity index (χ3v) is 4.45. The molecule has 1 aromatic carbocycles. The van der Waals surface area contributed by atoms with E-state index in [1.165, 1.54) is 17.6 Å². The van der Waals surface area contributed by atoms with Crippen LogP contribution in [0.5, 0.6) is 0 Å². The van der Waals surface area contributed by atoms with Gasteiger partial charge in [-0.2, -0.15) is 5.10 Å². The summed E-state index contributed by atoms with van der Waals surface area (Å²) in [5, 5.41) is 4.55. The van der Waals surface area contributed by atoms with Gasteiger partial charge in [0.15, 0.2) is 0 Å². The number of aromatic amines is 1. The van der Waals surface area contributed by atoms with Gasteiger partial charge in [-0.15, -0.1) is 16.0 Å². The first kappa shape index (κ1) is 13.5. The predicted octanol–water partition coefficient (Wildman–Crippen LogP) is 2.25. The van der Waals surface area contributed by atoms with Crippen LogP contribution in [0.15, 0.2) is 45.0 Å². The van der Waals surface area contributed by atoms with E-state index in [-0.39, 0.29) is 5.56 Å². The molecule has 2 aromatic heterocycles. The van der Waals surface area contributed by atoms with Gasteiger partial charge in [0, 0.05) is 4.88 Å². The maximum absolute atomic E-state index is 12.4. The largest absolute Gasteiger partial charge is 0.350 e. The van der Waals surface area contributed by atoms with Crippen LogP contribution in [0.25, 0.3) is 10.2 Å². The smallest absolute Gasteiger partial charge is 0.297 e. The van der Waals surface area contributed by atoms with Crippen molar-refractivity contribution in [3.05, 3.63) is 67.2 Å². The first-order chi connectivity index (χ1) is 10.1. The van der Waals surface area contributed by atoms with E-state index in [4.69, 9.17) is 0 Å². The summed E-state index contributed by atoms with van der Waals surface area (Å²) >= 11 is 1.41. The number of nitrogens with one attached hydrogen (secondary N) is 1. The molecule has 0 saturated heterocycles.